The third-order valence-corrected chi connectivity index (χ3v) is 7.11. The van der Waals surface area contributed by atoms with Crippen LogP contribution in [0.1, 0.15) is 31.2 Å². The van der Waals surface area contributed by atoms with E-state index in [2.05, 4.69) is 22.8 Å². The van der Waals surface area contributed by atoms with Crippen molar-refractivity contribution in [2.75, 3.05) is 19.5 Å². The number of rotatable bonds is 8. The van der Waals surface area contributed by atoms with Crippen LogP contribution in [-0.4, -0.2) is 40.8 Å². The lowest BCUT2D eigenvalue weighted by molar-refractivity contribution is 0.352. The second kappa shape index (κ2) is 10.7. The van der Waals surface area contributed by atoms with Crippen LogP contribution in [0.25, 0.3) is 16.9 Å². The van der Waals surface area contributed by atoms with Gasteiger partial charge in [-0.15, -0.1) is 0 Å². The number of fused-ring (bicyclic) bond motifs is 1. The summed E-state index contributed by atoms with van der Waals surface area (Å²) < 4.78 is 12.9. The van der Waals surface area contributed by atoms with E-state index in [1.807, 2.05) is 41.1 Å². The van der Waals surface area contributed by atoms with Gasteiger partial charge in [-0.2, -0.15) is 0 Å². The second-order valence-corrected chi connectivity index (χ2v) is 9.64. The third-order valence-electron chi connectivity index (χ3n) is 6.81. The van der Waals surface area contributed by atoms with Gasteiger partial charge in [0.05, 0.1) is 24.9 Å². The number of benzene rings is 2. The van der Waals surface area contributed by atoms with Gasteiger partial charge in [0.2, 0.25) is 0 Å². The SMILES string of the molecule is COc1cc(OC)c(-c2cn3ccc(NC4CCC(NCc5cccc(O)c5)CC4)cc3n2)cc1Cl. The molecule has 0 aliphatic heterocycles. The maximum atomic E-state index is 9.65. The quantitative estimate of drug-likeness (QED) is 0.276. The van der Waals surface area contributed by atoms with Gasteiger partial charge >= 0.3 is 0 Å². The van der Waals surface area contributed by atoms with Crippen molar-refractivity contribution in [3.8, 4) is 28.5 Å². The number of ether oxygens (including phenoxy) is 2. The van der Waals surface area contributed by atoms with Crippen molar-refractivity contribution in [3.63, 3.8) is 0 Å². The molecule has 2 aromatic heterocycles. The minimum atomic E-state index is 0.315. The van der Waals surface area contributed by atoms with Crippen LogP contribution in [0.2, 0.25) is 5.02 Å². The summed E-state index contributed by atoms with van der Waals surface area (Å²) >= 11 is 6.37. The van der Waals surface area contributed by atoms with Crippen molar-refractivity contribution in [3.05, 3.63) is 71.5 Å². The van der Waals surface area contributed by atoms with E-state index in [9.17, 15) is 5.11 Å². The van der Waals surface area contributed by atoms with E-state index in [1.54, 1.807) is 26.4 Å². The molecular formula is C28H31ClN4O3. The van der Waals surface area contributed by atoms with E-state index in [4.69, 9.17) is 26.1 Å². The first-order chi connectivity index (χ1) is 17.5. The lowest BCUT2D eigenvalue weighted by Crippen LogP contribution is -2.36. The van der Waals surface area contributed by atoms with Gasteiger partial charge in [0.1, 0.15) is 22.9 Å². The average molecular weight is 507 g/mol. The molecule has 0 spiro atoms. The largest absolute Gasteiger partial charge is 0.508 e. The topological polar surface area (TPSA) is 80.0 Å². The number of anilines is 1. The van der Waals surface area contributed by atoms with E-state index < -0.39 is 0 Å². The molecule has 1 aliphatic rings. The third kappa shape index (κ3) is 5.37. The van der Waals surface area contributed by atoms with Gasteiger partial charge in [-0.05, 0) is 55.5 Å². The lowest BCUT2D eigenvalue weighted by Gasteiger charge is -2.30. The number of imidazole rings is 1. The van der Waals surface area contributed by atoms with Gasteiger partial charge < -0.3 is 29.6 Å². The molecule has 7 nitrogen and oxygen atoms in total. The van der Waals surface area contributed by atoms with E-state index in [1.165, 1.54) is 0 Å². The highest BCUT2D eigenvalue weighted by Crippen LogP contribution is 2.38. The van der Waals surface area contributed by atoms with Crippen LogP contribution < -0.4 is 20.1 Å². The minimum Gasteiger partial charge on any atom is -0.508 e. The van der Waals surface area contributed by atoms with Crippen molar-refractivity contribution < 1.29 is 14.6 Å². The number of halogens is 1. The molecule has 0 saturated heterocycles. The fourth-order valence-electron chi connectivity index (χ4n) is 4.87. The predicted molar refractivity (Wildman–Crippen MR) is 143 cm³/mol. The number of phenolic OH excluding ortho intramolecular Hbond substituents is 1. The van der Waals surface area contributed by atoms with Crippen LogP contribution >= 0.6 is 11.6 Å². The highest BCUT2D eigenvalue weighted by atomic mass is 35.5. The summed E-state index contributed by atoms with van der Waals surface area (Å²) in [5, 5.41) is 17.5. The van der Waals surface area contributed by atoms with Crippen LogP contribution in [0.5, 0.6) is 17.2 Å². The second-order valence-electron chi connectivity index (χ2n) is 9.24. The zero-order valence-electron chi connectivity index (χ0n) is 20.5. The summed E-state index contributed by atoms with van der Waals surface area (Å²) in [6.07, 6.45) is 8.43. The number of phenols is 1. The van der Waals surface area contributed by atoms with E-state index >= 15 is 0 Å². The maximum absolute atomic E-state index is 9.65. The summed E-state index contributed by atoms with van der Waals surface area (Å²) in [6.45, 7) is 0.778. The van der Waals surface area contributed by atoms with E-state index in [0.717, 1.165) is 60.4 Å². The van der Waals surface area contributed by atoms with E-state index in [-0.39, 0.29) is 0 Å². The number of aromatic hydroxyl groups is 1. The summed E-state index contributed by atoms with van der Waals surface area (Å²) in [4.78, 5) is 4.83. The number of nitrogens with zero attached hydrogens (tertiary/aromatic N) is 2. The number of aromatic nitrogens is 2. The molecular weight excluding hydrogens is 476 g/mol. The molecule has 8 heteroatoms. The molecule has 188 valence electrons. The predicted octanol–water partition coefficient (Wildman–Crippen LogP) is 5.89. The summed E-state index contributed by atoms with van der Waals surface area (Å²) in [6, 6.07) is 16.1. The molecule has 0 radical (unpaired) electrons. The molecule has 36 heavy (non-hydrogen) atoms. The molecule has 0 atom stereocenters. The van der Waals surface area contributed by atoms with Crippen molar-refractivity contribution in [2.24, 2.45) is 0 Å². The fraction of sp³-hybridized carbons (Fsp3) is 0.321. The number of nitrogens with one attached hydrogen (secondary N) is 2. The van der Waals surface area contributed by atoms with Crippen molar-refractivity contribution in [2.45, 2.75) is 44.3 Å². The minimum absolute atomic E-state index is 0.315. The number of hydrogen-bond acceptors (Lipinski definition) is 6. The van der Waals surface area contributed by atoms with Gasteiger partial charge in [-0.3, -0.25) is 0 Å². The molecule has 2 heterocycles. The van der Waals surface area contributed by atoms with Crippen LogP contribution in [0.3, 0.4) is 0 Å². The van der Waals surface area contributed by atoms with E-state index in [0.29, 0.717) is 34.4 Å². The van der Waals surface area contributed by atoms with Crippen LogP contribution in [0.15, 0.2) is 60.9 Å². The van der Waals surface area contributed by atoms with Crippen LogP contribution in [0, 0.1) is 0 Å². The molecule has 5 rings (SSSR count). The molecule has 1 aliphatic carbocycles. The van der Waals surface area contributed by atoms with Gasteiger partial charge in [0.15, 0.2) is 0 Å². The van der Waals surface area contributed by atoms with Crippen LogP contribution in [0.4, 0.5) is 5.69 Å². The highest BCUT2D eigenvalue weighted by molar-refractivity contribution is 6.32. The molecule has 0 unspecified atom stereocenters. The Hall–Kier alpha value is -3.42. The molecule has 4 aromatic rings. The first-order valence-electron chi connectivity index (χ1n) is 12.2. The van der Waals surface area contributed by atoms with Crippen molar-refractivity contribution in [1.29, 1.82) is 0 Å². The summed E-state index contributed by atoms with van der Waals surface area (Å²) in [7, 11) is 3.21. The zero-order chi connectivity index (χ0) is 25.1. The lowest BCUT2D eigenvalue weighted by atomic mass is 9.91. The summed E-state index contributed by atoms with van der Waals surface area (Å²) in [5.41, 5.74) is 4.63. The Labute approximate surface area is 216 Å². The van der Waals surface area contributed by atoms with Gasteiger partial charge in [0.25, 0.3) is 0 Å². The average Bonchev–Trinajstić information content (AvgIpc) is 3.31. The molecule has 1 saturated carbocycles. The molecule has 2 aromatic carbocycles. The fourth-order valence-corrected chi connectivity index (χ4v) is 5.11. The van der Waals surface area contributed by atoms with Crippen molar-refractivity contribution >= 4 is 22.9 Å². The first kappa shape index (κ1) is 24.3. The number of pyridine rings is 1. The molecule has 1 fully saturated rings. The first-order valence-corrected chi connectivity index (χ1v) is 12.6. The Morgan fingerprint density at radius 3 is 2.53 bits per heavy atom. The Bertz CT molecular complexity index is 1350. The zero-order valence-corrected chi connectivity index (χ0v) is 21.3. The Balaban J connectivity index is 1.22. The Morgan fingerprint density at radius 2 is 1.78 bits per heavy atom. The smallest absolute Gasteiger partial charge is 0.141 e. The highest BCUT2D eigenvalue weighted by Gasteiger charge is 2.21. The summed E-state index contributed by atoms with van der Waals surface area (Å²) in [5.74, 6) is 1.54. The van der Waals surface area contributed by atoms with Gasteiger partial charge in [0, 0.05) is 54.4 Å². The van der Waals surface area contributed by atoms with Gasteiger partial charge in [-0.25, -0.2) is 4.98 Å². The molecule has 0 amide bonds. The number of hydrogen-bond donors (Lipinski definition) is 3. The Kier molecular flexibility index (Phi) is 7.20. The normalized spacial score (nSPS) is 17.8. The monoisotopic (exact) mass is 506 g/mol. The Morgan fingerprint density at radius 1 is 1.00 bits per heavy atom. The maximum Gasteiger partial charge on any atom is 0.141 e. The van der Waals surface area contributed by atoms with Crippen molar-refractivity contribution in [1.82, 2.24) is 14.7 Å². The molecule has 3 N–H and O–H groups in total. The van der Waals surface area contributed by atoms with Crippen LogP contribution in [-0.2, 0) is 6.54 Å². The van der Waals surface area contributed by atoms with Gasteiger partial charge in [-0.1, -0.05) is 23.7 Å². The molecule has 0 bridgehead atoms. The standard InChI is InChI=1S/C28H31ClN4O3/c1-35-26-15-27(36-2)24(29)14-23(26)25-17-33-11-10-21(13-28(33)32-25)31-20-8-6-19(7-9-20)30-16-18-4-3-5-22(34)12-18/h3-5,10-15,17,19-20,30-31,34H,6-9,16H2,1-2H3. The number of methoxy groups -OCH3 is 2.